The highest BCUT2D eigenvalue weighted by atomic mass is 16.2. The zero-order valence-corrected chi connectivity index (χ0v) is 12.5. The van der Waals surface area contributed by atoms with E-state index in [0.29, 0.717) is 24.4 Å². The summed E-state index contributed by atoms with van der Waals surface area (Å²) in [4.78, 5) is 14.7. The second-order valence-corrected chi connectivity index (χ2v) is 5.91. The van der Waals surface area contributed by atoms with Gasteiger partial charge < -0.3 is 10.2 Å². The number of amides is 1. The fourth-order valence-electron chi connectivity index (χ4n) is 3.17. The third-order valence-corrected chi connectivity index (χ3v) is 4.55. The fraction of sp³-hybridized carbons (Fsp3) is 0.812. The van der Waals surface area contributed by atoms with Crippen molar-refractivity contribution in [2.24, 2.45) is 0 Å². The molecule has 1 saturated heterocycles. The molecule has 0 saturated carbocycles. The molecule has 1 aliphatic carbocycles. The lowest BCUT2D eigenvalue weighted by Crippen LogP contribution is -2.57. The molecule has 3 heteroatoms. The molecule has 1 heterocycles. The van der Waals surface area contributed by atoms with Crippen LogP contribution in [0.25, 0.3) is 0 Å². The highest BCUT2D eigenvalue weighted by Crippen LogP contribution is 2.22. The van der Waals surface area contributed by atoms with Crippen LogP contribution in [0, 0.1) is 0 Å². The minimum Gasteiger partial charge on any atom is -0.337 e. The lowest BCUT2D eigenvalue weighted by Gasteiger charge is -2.40. The summed E-state index contributed by atoms with van der Waals surface area (Å²) in [6, 6.07) is 0.867. The van der Waals surface area contributed by atoms with Crippen molar-refractivity contribution in [2.75, 3.05) is 13.1 Å². The van der Waals surface area contributed by atoms with E-state index in [4.69, 9.17) is 0 Å². The Bertz CT molecular complexity index is 338. The third-order valence-electron chi connectivity index (χ3n) is 4.55. The van der Waals surface area contributed by atoms with E-state index in [0.717, 1.165) is 32.4 Å². The molecular weight excluding hydrogens is 236 g/mol. The molecule has 0 radical (unpaired) electrons. The van der Waals surface area contributed by atoms with E-state index in [1.54, 1.807) is 0 Å². The van der Waals surface area contributed by atoms with E-state index >= 15 is 0 Å². The molecule has 0 aromatic rings. The lowest BCUT2D eigenvalue weighted by atomic mass is 9.96. The average Bonchev–Trinajstić information content (AvgIpc) is 2.47. The zero-order chi connectivity index (χ0) is 13.7. The van der Waals surface area contributed by atoms with Crippen LogP contribution in [-0.2, 0) is 4.79 Å². The van der Waals surface area contributed by atoms with Crippen molar-refractivity contribution in [3.8, 4) is 0 Å². The van der Waals surface area contributed by atoms with Crippen molar-refractivity contribution in [1.82, 2.24) is 10.2 Å². The minimum absolute atomic E-state index is 0.347. The number of rotatable bonds is 4. The summed E-state index contributed by atoms with van der Waals surface area (Å²) >= 11 is 0. The molecular formula is C16H28N2O. The molecule has 1 fully saturated rings. The van der Waals surface area contributed by atoms with Crippen molar-refractivity contribution in [2.45, 2.75) is 70.9 Å². The van der Waals surface area contributed by atoms with Gasteiger partial charge in [-0.25, -0.2) is 0 Å². The Labute approximate surface area is 117 Å². The highest BCUT2D eigenvalue weighted by Gasteiger charge is 2.29. The van der Waals surface area contributed by atoms with Gasteiger partial charge in [-0.05, 0) is 38.5 Å². The fourth-order valence-corrected chi connectivity index (χ4v) is 3.17. The molecule has 1 aliphatic heterocycles. The molecule has 2 unspecified atom stereocenters. The molecule has 0 aromatic carbocycles. The van der Waals surface area contributed by atoms with E-state index in [2.05, 4.69) is 30.1 Å². The van der Waals surface area contributed by atoms with Crippen LogP contribution in [0.3, 0.4) is 0 Å². The van der Waals surface area contributed by atoms with Crippen LogP contribution in [-0.4, -0.2) is 36.0 Å². The number of nitrogens with zero attached hydrogens (tertiary/aromatic N) is 1. The largest absolute Gasteiger partial charge is 0.337 e. The molecule has 0 bridgehead atoms. The smallest absolute Gasteiger partial charge is 0.226 e. The number of hydrogen-bond donors (Lipinski definition) is 1. The third kappa shape index (κ3) is 3.82. The molecule has 0 aromatic heterocycles. The molecule has 2 atom stereocenters. The van der Waals surface area contributed by atoms with Gasteiger partial charge in [0.2, 0.25) is 5.91 Å². The maximum atomic E-state index is 12.6. The van der Waals surface area contributed by atoms with Crippen molar-refractivity contribution in [3.63, 3.8) is 0 Å². The number of carbonyl (C=O) groups excluding carboxylic acids is 1. The van der Waals surface area contributed by atoms with Gasteiger partial charge in [-0.2, -0.15) is 0 Å². The summed E-state index contributed by atoms with van der Waals surface area (Å²) in [6.45, 7) is 6.22. The Balaban J connectivity index is 1.96. The molecule has 2 rings (SSSR count). The molecule has 1 amide bonds. The quantitative estimate of drug-likeness (QED) is 0.792. The number of piperazine rings is 1. The monoisotopic (exact) mass is 264 g/mol. The van der Waals surface area contributed by atoms with Crippen LogP contribution >= 0.6 is 0 Å². The highest BCUT2D eigenvalue weighted by molar-refractivity contribution is 5.79. The van der Waals surface area contributed by atoms with Gasteiger partial charge in [-0.1, -0.05) is 25.5 Å². The summed E-state index contributed by atoms with van der Waals surface area (Å²) in [5, 5.41) is 3.55. The van der Waals surface area contributed by atoms with Gasteiger partial charge >= 0.3 is 0 Å². The van der Waals surface area contributed by atoms with Crippen LogP contribution in [0.15, 0.2) is 11.6 Å². The normalized spacial score (nSPS) is 28.1. The predicted molar refractivity (Wildman–Crippen MR) is 79.0 cm³/mol. The Hall–Kier alpha value is -0.830. The minimum atomic E-state index is 0.347. The van der Waals surface area contributed by atoms with Gasteiger partial charge in [-0.3, -0.25) is 4.79 Å². The van der Waals surface area contributed by atoms with Crippen LogP contribution in [0.5, 0.6) is 0 Å². The first kappa shape index (κ1) is 14.6. The molecule has 2 aliphatic rings. The Kier molecular flexibility index (Phi) is 5.44. The van der Waals surface area contributed by atoms with Crippen LogP contribution in [0.2, 0.25) is 0 Å². The first-order chi connectivity index (χ1) is 9.24. The SMILES string of the molecule is CCC1CN(C(=O)CC2=CCCCC2)C(CC)CN1. The molecule has 0 spiro atoms. The first-order valence-electron chi connectivity index (χ1n) is 7.95. The average molecular weight is 264 g/mol. The summed E-state index contributed by atoms with van der Waals surface area (Å²) in [7, 11) is 0. The Morgan fingerprint density at radius 2 is 2.21 bits per heavy atom. The molecule has 19 heavy (non-hydrogen) atoms. The van der Waals surface area contributed by atoms with E-state index in [-0.39, 0.29) is 0 Å². The van der Waals surface area contributed by atoms with Crippen molar-refractivity contribution in [1.29, 1.82) is 0 Å². The summed E-state index contributed by atoms with van der Waals surface area (Å²) < 4.78 is 0. The van der Waals surface area contributed by atoms with Gasteiger partial charge in [0.05, 0.1) is 0 Å². The van der Waals surface area contributed by atoms with Gasteiger partial charge in [0.15, 0.2) is 0 Å². The van der Waals surface area contributed by atoms with Gasteiger partial charge in [-0.15, -0.1) is 0 Å². The maximum Gasteiger partial charge on any atom is 0.226 e. The van der Waals surface area contributed by atoms with Crippen LogP contribution < -0.4 is 5.32 Å². The van der Waals surface area contributed by atoms with Crippen LogP contribution in [0.4, 0.5) is 0 Å². The number of allylic oxidation sites excluding steroid dienone is 1. The number of nitrogens with one attached hydrogen (secondary N) is 1. The van der Waals surface area contributed by atoms with E-state index in [9.17, 15) is 4.79 Å². The molecule has 108 valence electrons. The topological polar surface area (TPSA) is 32.3 Å². The van der Waals surface area contributed by atoms with Gasteiger partial charge in [0, 0.05) is 31.6 Å². The van der Waals surface area contributed by atoms with E-state index in [1.807, 2.05) is 0 Å². The second-order valence-electron chi connectivity index (χ2n) is 5.91. The predicted octanol–water partition coefficient (Wildman–Crippen LogP) is 2.87. The van der Waals surface area contributed by atoms with Gasteiger partial charge in [0.1, 0.15) is 0 Å². The van der Waals surface area contributed by atoms with E-state index in [1.165, 1.54) is 24.8 Å². The summed E-state index contributed by atoms with van der Waals surface area (Å²) in [5.74, 6) is 0.347. The molecule has 1 N–H and O–H groups in total. The van der Waals surface area contributed by atoms with Crippen LogP contribution in [0.1, 0.15) is 58.8 Å². The standard InChI is InChI=1S/C16H28N2O/c1-3-14-12-18(15(4-2)11-17-14)16(19)10-13-8-6-5-7-9-13/h8,14-15,17H,3-7,9-12H2,1-2H3. The molecule has 3 nitrogen and oxygen atoms in total. The summed E-state index contributed by atoms with van der Waals surface area (Å²) in [5.41, 5.74) is 1.37. The van der Waals surface area contributed by atoms with Gasteiger partial charge in [0.25, 0.3) is 0 Å². The van der Waals surface area contributed by atoms with Crippen molar-refractivity contribution in [3.05, 3.63) is 11.6 Å². The van der Waals surface area contributed by atoms with Crippen molar-refractivity contribution < 1.29 is 4.79 Å². The Morgan fingerprint density at radius 1 is 1.37 bits per heavy atom. The lowest BCUT2D eigenvalue weighted by molar-refractivity contribution is -0.134. The Morgan fingerprint density at radius 3 is 2.84 bits per heavy atom. The second kappa shape index (κ2) is 7.09. The summed E-state index contributed by atoms with van der Waals surface area (Å²) in [6.07, 6.45) is 9.95. The maximum absolute atomic E-state index is 12.6. The van der Waals surface area contributed by atoms with Crippen molar-refractivity contribution >= 4 is 5.91 Å². The number of hydrogen-bond acceptors (Lipinski definition) is 2. The number of carbonyl (C=O) groups is 1. The van der Waals surface area contributed by atoms with E-state index < -0.39 is 0 Å². The first-order valence-corrected chi connectivity index (χ1v) is 7.95. The zero-order valence-electron chi connectivity index (χ0n) is 12.5.